The fourth-order valence-corrected chi connectivity index (χ4v) is 9.65. The Morgan fingerprint density at radius 3 is 0.947 bits per heavy atom. The highest BCUT2D eigenvalue weighted by molar-refractivity contribution is 7.00. The van der Waals surface area contributed by atoms with Crippen molar-refractivity contribution < 1.29 is 0 Å². The van der Waals surface area contributed by atoms with Crippen LogP contribution >= 0.6 is 11.7 Å². The lowest BCUT2D eigenvalue weighted by atomic mass is 9.91. The van der Waals surface area contributed by atoms with Gasteiger partial charge in [0.15, 0.2) is 0 Å². The van der Waals surface area contributed by atoms with Crippen molar-refractivity contribution in [3.05, 3.63) is 182 Å². The van der Waals surface area contributed by atoms with Gasteiger partial charge in [0.2, 0.25) is 0 Å². The van der Waals surface area contributed by atoms with Crippen LogP contribution in [0.4, 0.5) is 0 Å². The van der Waals surface area contributed by atoms with E-state index >= 15 is 0 Å². The molecule has 0 saturated heterocycles. The third-order valence-corrected chi connectivity index (χ3v) is 12.2. The lowest BCUT2D eigenvalue weighted by molar-refractivity contribution is 1.36. The van der Waals surface area contributed by atoms with Crippen LogP contribution in [0.1, 0.15) is 0 Å². The minimum Gasteiger partial charge on any atom is -0.256 e. The lowest BCUT2D eigenvalue weighted by Crippen LogP contribution is -1.91. The summed E-state index contributed by atoms with van der Waals surface area (Å²) in [7, 11) is 0. The minimum atomic E-state index is 0.907. The molecule has 0 unspecified atom stereocenters. The second-order valence-corrected chi connectivity index (χ2v) is 15.2. The molecule has 0 spiro atoms. The van der Waals surface area contributed by atoms with Crippen LogP contribution in [-0.2, 0) is 0 Å². The molecule has 4 nitrogen and oxygen atoms in total. The second kappa shape index (κ2) is 12.6. The van der Waals surface area contributed by atoms with E-state index in [2.05, 4.69) is 170 Å². The molecule has 264 valence electrons. The minimum absolute atomic E-state index is 0.907. The van der Waals surface area contributed by atoms with Crippen molar-refractivity contribution in [1.29, 1.82) is 0 Å². The number of rotatable bonds is 4. The van der Waals surface area contributed by atoms with E-state index in [0.29, 0.717) is 0 Å². The zero-order chi connectivity index (χ0) is 37.5. The molecule has 0 amide bonds. The second-order valence-electron chi connectivity index (χ2n) is 14.6. The maximum Gasteiger partial charge on any atom is 0.113 e. The third-order valence-electron chi connectivity index (χ3n) is 11.7. The van der Waals surface area contributed by atoms with Crippen LogP contribution < -0.4 is 0 Å². The summed E-state index contributed by atoms with van der Waals surface area (Å²) >= 11 is 1.26. The van der Waals surface area contributed by atoms with E-state index in [4.69, 9.17) is 18.7 Å². The topological polar surface area (TPSA) is 51.6 Å². The van der Waals surface area contributed by atoms with E-state index in [1.54, 1.807) is 0 Å². The van der Waals surface area contributed by atoms with E-state index in [9.17, 15) is 0 Å². The molecule has 0 aliphatic heterocycles. The molecular weight excluding hydrogens is 713 g/mol. The van der Waals surface area contributed by atoms with Gasteiger partial charge in [0, 0.05) is 45.4 Å². The van der Waals surface area contributed by atoms with Gasteiger partial charge in [-0.1, -0.05) is 158 Å². The van der Waals surface area contributed by atoms with Crippen molar-refractivity contribution in [2.75, 3.05) is 0 Å². The number of pyridine rings is 2. The third kappa shape index (κ3) is 4.86. The first kappa shape index (κ1) is 32.0. The van der Waals surface area contributed by atoms with Gasteiger partial charge >= 0.3 is 0 Å². The normalized spacial score (nSPS) is 11.9. The van der Waals surface area contributed by atoms with Crippen LogP contribution in [-0.4, -0.2) is 18.7 Å². The highest BCUT2D eigenvalue weighted by atomic mass is 32.1. The van der Waals surface area contributed by atoms with E-state index in [1.165, 1.54) is 76.4 Å². The summed E-state index contributed by atoms with van der Waals surface area (Å²) in [6, 6.07) is 60.8. The van der Waals surface area contributed by atoms with Crippen LogP contribution in [0.3, 0.4) is 0 Å². The predicted molar refractivity (Wildman–Crippen MR) is 240 cm³/mol. The van der Waals surface area contributed by atoms with Gasteiger partial charge in [-0.15, -0.1) is 0 Å². The summed E-state index contributed by atoms with van der Waals surface area (Å²) in [5.41, 5.74) is 10.3. The first-order valence-electron chi connectivity index (χ1n) is 19.1. The molecule has 0 aliphatic rings. The van der Waals surface area contributed by atoms with Crippen LogP contribution in [0.5, 0.6) is 0 Å². The van der Waals surface area contributed by atoms with Gasteiger partial charge in [-0.25, -0.2) is 0 Å². The van der Waals surface area contributed by atoms with Crippen LogP contribution in [0.2, 0.25) is 0 Å². The van der Waals surface area contributed by atoms with E-state index in [-0.39, 0.29) is 0 Å². The molecule has 0 radical (unpaired) electrons. The van der Waals surface area contributed by atoms with Crippen molar-refractivity contribution in [2.45, 2.75) is 0 Å². The molecule has 3 aromatic heterocycles. The summed E-state index contributed by atoms with van der Waals surface area (Å²) in [5, 5.41) is 14.7. The Hall–Kier alpha value is -7.34. The summed E-state index contributed by atoms with van der Waals surface area (Å²) < 4.78 is 9.65. The molecule has 3 heterocycles. The standard InChI is InChI=1S/C52H30N4S/c1-3-13-41-37(9-1)39-11-5-7-15-43(39)47-45(41)27-29-53-49(47)33-21-17-31(18-22-33)35-25-26-36(52-51(35)55-57-56-52)32-19-23-34(24-20-32)50-48-44-16-8-6-12-40(44)38-10-2-4-14-42(38)46(48)28-30-54-50/h1-30H. The fourth-order valence-electron chi connectivity index (χ4n) is 9.08. The molecule has 0 bridgehead atoms. The molecule has 0 fully saturated rings. The van der Waals surface area contributed by atoms with Gasteiger partial charge in [-0.05, 0) is 77.1 Å². The number of hydrogen-bond donors (Lipinski definition) is 0. The van der Waals surface area contributed by atoms with Crippen molar-refractivity contribution in [1.82, 2.24) is 18.7 Å². The summed E-state index contributed by atoms with van der Waals surface area (Å²) in [6.07, 6.45) is 3.87. The van der Waals surface area contributed by atoms with Gasteiger partial charge in [0.25, 0.3) is 0 Å². The van der Waals surface area contributed by atoms with Crippen LogP contribution in [0.25, 0.3) is 120 Å². The Kier molecular flexibility index (Phi) is 7.06. The van der Waals surface area contributed by atoms with E-state index in [1.807, 2.05) is 12.4 Å². The highest BCUT2D eigenvalue weighted by Crippen LogP contribution is 2.42. The first-order valence-corrected chi connectivity index (χ1v) is 19.9. The SMILES string of the molecule is c1ccc2c(c1)c1ccccc1c1c(-c3ccc(-c4ccc(-c5ccc(-c6nccc7c8ccccc8c8ccccc8c67)cc5)c5nsnc45)cc3)nccc21. The molecule has 0 atom stereocenters. The maximum absolute atomic E-state index is 4.96. The Labute approximate surface area is 331 Å². The molecule has 9 aromatic carbocycles. The molecular formula is C52H30N4S. The summed E-state index contributed by atoms with van der Waals surface area (Å²) in [5.74, 6) is 0. The first-order chi connectivity index (χ1) is 28.3. The van der Waals surface area contributed by atoms with Crippen molar-refractivity contribution >= 4 is 87.4 Å². The van der Waals surface area contributed by atoms with Crippen molar-refractivity contribution in [2.24, 2.45) is 0 Å². The summed E-state index contributed by atoms with van der Waals surface area (Å²) in [6.45, 7) is 0. The molecule has 0 saturated carbocycles. The average molecular weight is 743 g/mol. The van der Waals surface area contributed by atoms with Gasteiger partial charge in [0.05, 0.1) is 23.1 Å². The predicted octanol–water partition coefficient (Wildman–Crippen LogP) is 14.1. The Morgan fingerprint density at radius 2 is 0.579 bits per heavy atom. The smallest absolute Gasteiger partial charge is 0.113 e. The largest absolute Gasteiger partial charge is 0.256 e. The monoisotopic (exact) mass is 742 g/mol. The van der Waals surface area contributed by atoms with Gasteiger partial charge < -0.3 is 0 Å². The number of hydrogen-bond acceptors (Lipinski definition) is 5. The lowest BCUT2D eigenvalue weighted by Gasteiger charge is -2.14. The van der Waals surface area contributed by atoms with Gasteiger partial charge in [0.1, 0.15) is 11.0 Å². The number of nitrogens with zero attached hydrogens (tertiary/aromatic N) is 4. The molecule has 57 heavy (non-hydrogen) atoms. The van der Waals surface area contributed by atoms with Crippen molar-refractivity contribution in [3.63, 3.8) is 0 Å². The Bertz CT molecular complexity index is 3240. The number of benzene rings is 9. The molecule has 12 rings (SSSR count). The quantitative estimate of drug-likeness (QED) is 0.169. The Morgan fingerprint density at radius 1 is 0.281 bits per heavy atom. The molecule has 5 heteroatoms. The average Bonchev–Trinajstić information content (AvgIpc) is 3.79. The highest BCUT2D eigenvalue weighted by Gasteiger charge is 2.18. The fraction of sp³-hybridized carbons (Fsp3) is 0. The maximum atomic E-state index is 4.96. The van der Waals surface area contributed by atoms with E-state index < -0.39 is 0 Å². The van der Waals surface area contributed by atoms with E-state index in [0.717, 1.165) is 55.8 Å². The number of aromatic nitrogens is 4. The van der Waals surface area contributed by atoms with Crippen LogP contribution in [0.15, 0.2) is 182 Å². The zero-order valence-electron chi connectivity index (χ0n) is 30.5. The summed E-state index contributed by atoms with van der Waals surface area (Å²) in [4.78, 5) is 9.93. The Balaban J connectivity index is 0.924. The van der Waals surface area contributed by atoms with Crippen LogP contribution in [0, 0.1) is 0 Å². The van der Waals surface area contributed by atoms with Gasteiger partial charge in [-0.2, -0.15) is 8.75 Å². The molecule has 0 N–H and O–H groups in total. The molecule has 0 aliphatic carbocycles. The zero-order valence-corrected chi connectivity index (χ0v) is 31.3. The van der Waals surface area contributed by atoms with Crippen molar-refractivity contribution in [3.8, 4) is 44.8 Å². The number of fused-ring (bicyclic) bond motifs is 13. The molecule has 12 aromatic rings. The van der Waals surface area contributed by atoms with Gasteiger partial charge in [-0.3, -0.25) is 9.97 Å².